The summed E-state index contributed by atoms with van der Waals surface area (Å²) in [4.78, 5) is 24.3. The van der Waals surface area contributed by atoms with Gasteiger partial charge in [-0.15, -0.1) is 0 Å². The van der Waals surface area contributed by atoms with Crippen molar-refractivity contribution in [1.29, 1.82) is 0 Å². The van der Waals surface area contributed by atoms with Gasteiger partial charge in [-0.1, -0.05) is 92.2 Å². The highest BCUT2D eigenvalue weighted by Crippen LogP contribution is 2.68. The first-order valence-electron chi connectivity index (χ1n) is 16.9. The van der Waals surface area contributed by atoms with Gasteiger partial charge in [0.2, 0.25) is 0 Å². The van der Waals surface area contributed by atoms with E-state index in [2.05, 4.69) is 93.6 Å². The van der Waals surface area contributed by atoms with Gasteiger partial charge in [-0.2, -0.15) is 0 Å². The number of hydrogen-bond acceptors (Lipinski definition) is 4. The number of benzene rings is 2. The van der Waals surface area contributed by atoms with E-state index < -0.39 is 0 Å². The maximum atomic E-state index is 12.6. The highest BCUT2D eigenvalue weighted by atomic mass is 16.5. The normalized spacial score (nSPS) is 36.3. The molecule has 4 saturated carbocycles. The predicted molar refractivity (Wildman–Crippen MR) is 175 cm³/mol. The monoisotopic (exact) mass is 594 g/mol. The maximum absolute atomic E-state index is 12.6. The summed E-state index contributed by atoms with van der Waals surface area (Å²) in [5, 5.41) is 0. The molecule has 4 fully saturated rings. The number of esters is 2. The van der Waals surface area contributed by atoms with Gasteiger partial charge in [0, 0.05) is 19.3 Å². The first-order chi connectivity index (χ1) is 21.1. The Hall–Kier alpha value is -3.14. The van der Waals surface area contributed by atoms with Crippen LogP contribution < -0.4 is 0 Å². The van der Waals surface area contributed by atoms with Crippen LogP contribution in [0.5, 0.6) is 0 Å². The molecule has 2 aromatic rings. The highest BCUT2D eigenvalue weighted by Gasteiger charge is 2.64. The Morgan fingerprint density at radius 1 is 0.727 bits per heavy atom. The minimum Gasteiger partial charge on any atom is -0.463 e. The second kappa shape index (κ2) is 12.3. The largest absolute Gasteiger partial charge is 0.463 e. The first-order valence-corrected chi connectivity index (χ1v) is 16.9. The third-order valence-corrected chi connectivity index (χ3v) is 12.6. The van der Waals surface area contributed by atoms with E-state index in [1.165, 1.54) is 48.5 Å². The van der Waals surface area contributed by atoms with Crippen molar-refractivity contribution in [3.63, 3.8) is 0 Å². The molecule has 4 heteroatoms. The molecule has 9 atom stereocenters. The molecule has 0 heterocycles. The minimum absolute atomic E-state index is 0.0496. The van der Waals surface area contributed by atoms with Crippen LogP contribution in [0.1, 0.15) is 97.1 Å². The van der Waals surface area contributed by atoms with Crippen LogP contribution in [-0.2, 0) is 19.1 Å². The zero-order valence-electron chi connectivity index (χ0n) is 27.3. The van der Waals surface area contributed by atoms with Gasteiger partial charge >= 0.3 is 11.9 Å². The number of allylic oxidation sites excluding steroid dienone is 3. The van der Waals surface area contributed by atoms with Crippen LogP contribution in [0.3, 0.4) is 0 Å². The summed E-state index contributed by atoms with van der Waals surface area (Å²) in [5.41, 5.74) is 5.15. The molecule has 0 radical (unpaired) electrons. The average molecular weight is 595 g/mol. The molecule has 234 valence electrons. The van der Waals surface area contributed by atoms with Crippen LogP contribution in [0.15, 0.2) is 78.4 Å². The van der Waals surface area contributed by atoms with Crippen molar-refractivity contribution in [2.24, 2.45) is 40.4 Å². The van der Waals surface area contributed by atoms with Gasteiger partial charge in [-0.25, -0.2) is 0 Å². The summed E-state index contributed by atoms with van der Waals surface area (Å²) < 4.78 is 12.0. The Morgan fingerprint density at radius 2 is 1.36 bits per heavy atom. The molecule has 0 unspecified atom stereocenters. The second-order valence-electron chi connectivity index (χ2n) is 14.7. The molecule has 0 spiro atoms. The van der Waals surface area contributed by atoms with Crippen molar-refractivity contribution in [3.8, 4) is 0 Å². The molecule has 2 aromatic carbocycles. The van der Waals surface area contributed by atoms with Crippen molar-refractivity contribution in [1.82, 2.24) is 0 Å². The summed E-state index contributed by atoms with van der Waals surface area (Å²) in [5.74, 6) is 2.32. The SMILES string of the molecule is CC(=O)O[C@@H]1CC[C@@]2(C)[C@H](CC[C@H]3[C@H]2C[C@H](OC(C)=O)[C@]2(C)[C@@H](/C(C)=C\C=C(c4ccccc4)c4ccccc4)CC[C@@H]32)C1. The van der Waals surface area contributed by atoms with Gasteiger partial charge in [-0.05, 0) is 110 Å². The van der Waals surface area contributed by atoms with Crippen molar-refractivity contribution in [3.05, 3.63) is 89.5 Å². The standard InChI is InChI=1S/C40H50O4/c1-26(16-18-33(29-12-8-6-9-13-29)30-14-10-7-11-15-30)35-20-21-36-34-19-17-31-24-32(43-27(2)41)22-23-39(31,4)37(34)25-38(40(35,36)5)44-28(3)42/h6-16,18,31-32,34-38H,17,19-25H2,1-5H3/b26-16-/t31-,32-,34-,35-,36+,37-,38+,39+,40-/m1/s1. The minimum atomic E-state index is -0.162. The van der Waals surface area contributed by atoms with Crippen molar-refractivity contribution < 1.29 is 19.1 Å². The van der Waals surface area contributed by atoms with E-state index >= 15 is 0 Å². The van der Waals surface area contributed by atoms with Gasteiger partial charge in [0.15, 0.2) is 0 Å². The van der Waals surface area contributed by atoms with E-state index in [-0.39, 0.29) is 35.0 Å². The third kappa shape index (κ3) is 5.59. The Morgan fingerprint density at radius 3 is 1.98 bits per heavy atom. The fraction of sp³-hybridized carbons (Fsp3) is 0.550. The second-order valence-corrected chi connectivity index (χ2v) is 14.7. The van der Waals surface area contributed by atoms with E-state index in [4.69, 9.17) is 9.47 Å². The lowest BCUT2D eigenvalue weighted by atomic mass is 9.44. The predicted octanol–water partition coefficient (Wildman–Crippen LogP) is 9.20. The highest BCUT2D eigenvalue weighted by molar-refractivity contribution is 5.80. The van der Waals surface area contributed by atoms with Crippen LogP contribution in [0.25, 0.3) is 5.57 Å². The summed E-state index contributed by atoms with van der Waals surface area (Å²) in [6.45, 7) is 10.4. The summed E-state index contributed by atoms with van der Waals surface area (Å²) >= 11 is 0. The Labute approximate surface area is 264 Å². The van der Waals surface area contributed by atoms with Crippen molar-refractivity contribution in [2.75, 3.05) is 0 Å². The van der Waals surface area contributed by atoms with Gasteiger partial charge < -0.3 is 9.47 Å². The van der Waals surface area contributed by atoms with Crippen molar-refractivity contribution in [2.45, 2.75) is 98.2 Å². The van der Waals surface area contributed by atoms with E-state index in [0.717, 1.165) is 32.1 Å². The molecule has 0 saturated heterocycles. The fourth-order valence-corrected chi connectivity index (χ4v) is 10.5. The number of rotatable bonds is 6. The van der Waals surface area contributed by atoms with E-state index in [1.54, 1.807) is 6.92 Å². The van der Waals surface area contributed by atoms with E-state index in [0.29, 0.717) is 29.6 Å². The fourth-order valence-electron chi connectivity index (χ4n) is 10.5. The zero-order chi connectivity index (χ0) is 31.1. The lowest BCUT2D eigenvalue weighted by molar-refractivity contribution is -0.193. The summed E-state index contributed by atoms with van der Waals surface area (Å²) in [7, 11) is 0. The molecule has 0 aliphatic heterocycles. The smallest absolute Gasteiger partial charge is 0.302 e. The van der Waals surface area contributed by atoms with E-state index in [9.17, 15) is 9.59 Å². The van der Waals surface area contributed by atoms with Crippen LogP contribution in [0.2, 0.25) is 0 Å². The molecule has 6 rings (SSSR count). The van der Waals surface area contributed by atoms with Gasteiger partial charge in [-0.3, -0.25) is 9.59 Å². The molecular weight excluding hydrogens is 544 g/mol. The average Bonchev–Trinajstić information content (AvgIpc) is 3.37. The Bertz CT molecular complexity index is 1370. The number of carbonyl (C=O) groups is 2. The molecule has 0 N–H and O–H groups in total. The van der Waals surface area contributed by atoms with E-state index in [1.807, 2.05) is 0 Å². The lowest BCUT2D eigenvalue weighted by Crippen LogP contribution is -2.59. The Balaban J connectivity index is 1.31. The Kier molecular flexibility index (Phi) is 8.65. The number of carbonyl (C=O) groups excluding carboxylic acids is 2. The molecule has 4 nitrogen and oxygen atoms in total. The van der Waals surface area contributed by atoms with Gasteiger partial charge in [0.25, 0.3) is 0 Å². The molecule has 0 aromatic heterocycles. The van der Waals surface area contributed by atoms with Gasteiger partial charge in [0.05, 0.1) is 0 Å². The molecule has 4 aliphatic carbocycles. The van der Waals surface area contributed by atoms with Gasteiger partial charge in [0.1, 0.15) is 12.2 Å². The summed E-state index contributed by atoms with van der Waals surface area (Å²) in [6, 6.07) is 21.3. The van der Waals surface area contributed by atoms with Crippen LogP contribution in [0.4, 0.5) is 0 Å². The van der Waals surface area contributed by atoms with Crippen LogP contribution in [-0.4, -0.2) is 24.1 Å². The zero-order valence-corrected chi connectivity index (χ0v) is 27.3. The first kappa shape index (κ1) is 30.9. The van der Waals surface area contributed by atoms with Crippen LogP contribution in [0, 0.1) is 40.4 Å². The maximum Gasteiger partial charge on any atom is 0.302 e. The van der Waals surface area contributed by atoms with Crippen molar-refractivity contribution >= 4 is 17.5 Å². The molecular formula is C40H50O4. The lowest BCUT2D eigenvalue weighted by Gasteiger charge is -2.62. The molecule has 0 bridgehead atoms. The van der Waals surface area contributed by atoms with Crippen LogP contribution >= 0.6 is 0 Å². The quantitative estimate of drug-likeness (QED) is 0.247. The topological polar surface area (TPSA) is 52.6 Å². The molecule has 0 amide bonds. The summed E-state index contributed by atoms with van der Waals surface area (Å²) in [6.07, 6.45) is 13.3. The molecule has 44 heavy (non-hydrogen) atoms. The number of hydrogen-bond donors (Lipinski definition) is 0. The number of ether oxygens (including phenoxy) is 2. The number of fused-ring (bicyclic) bond motifs is 5. The third-order valence-electron chi connectivity index (χ3n) is 12.6. The molecule has 4 aliphatic rings.